The van der Waals surface area contributed by atoms with E-state index in [4.69, 9.17) is 18.9 Å². The molecule has 0 aromatic rings. The number of carbonyl (C=O) groups excluding carboxylic acids is 1. The van der Waals surface area contributed by atoms with E-state index in [1.165, 1.54) is 0 Å². The van der Waals surface area contributed by atoms with E-state index in [-0.39, 0.29) is 11.9 Å². The molecule has 1 unspecified atom stereocenters. The first-order valence-electron chi connectivity index (χ1n) is 6.62. The normalized spacial score (nSPS) is 12.4. The van der Waals surface area contributed by atoms with Crippen molar-refractivity contribution in [2.24, 2.45) is 5.92 Å². The summed E-state index contributed by atoms with van der Waals surface area (Å²) in [5.41, 5.74) is 0. The molecule has 18 heavy (non-hydrogen) atoms. The summed E-state index contributed by atoms with van der Waals surface area (Å²) < 4.78 is 20.7. The number of esters is 1. The molecule has 0 fully saturated rings. The van der Waals surface area contributed by atoms with Crippen molar-refractivity contribution in [3.8, 4) is 0 Å². The third-order valence-corrected chi connectivity index (χ3v) is 2.43. The van der Waals surface area contributed by atoms with Crippen LogP contribution in [-0.2, 0) is 23.7 Å². The average molecular weight is 262 g/mol. The Kier molecular flexibility index (Phi) is 12.3. The Morgan fingerprint density at radius 3 is 1.89 bits per heavy atom. The van der Waals surface area contributed by atoms with Gasteiger partial charge >= 0.3 is 5.97 Å². The molecule has 1 atom stereocenters. The van der Waals surface area contributed by atoms with Crippen LogP contribution in [0.4, 0.5) is 0 Å². The fraction of sp³-hybridized carbons (Fsp3) is 0.923. The predicted octanol–water partition coefficient (Wildman–Crippen LogP) is 1.65. The zero-order valence-electron chi connectivity index (χ0n) is 11.8. The molecule has 108 valence electrons. The topological polar surface area (TPSA) is 54.0 Å². The molecule has 5 nitrogen and oxygen atoms in total. The lowest BCUT2D eigenvalue weighted by Crippen LogP contribution is -2.18. The van der Waals surface area contributed by atoms with Gasteiger partial charge in [-0.05, 0) is 13.3 Å². The molecule has 5 heteroatoms. The quantitative estimate of drug-likeness (QED) is 0.395. The van der Waals surface area contributed by atoms with E-state index in [1.54, 1.807) is 0 Å². The molecule has 0 heterocycles. The zero-order valence-corrected chi connectivity index (χ0v) is 11.8. The molecular formula is C13H26O5. The number of hydrogen-bond donors (Lipinski definition) is 0. The zero-order chi connectivity index (χ0) is 13.6. The molecule has 0 spiro atoms. The summed E-state index contributed by atoms with van der Waals surface area (Å²) in [6, 6.07) is 0. The first-order valence-corrected chi connectivity index (χ1v) is 6.62. The molecule has 0 aromatic heterocycles. The minimum absolute atomic E-state index is 0.0353. The van der Waals surface area contributed by atoms with Gasteiger partial charge in [0, 0.05) is 6.61 Å². The molecule has 0 bridgehead atoms. The first kappa shape index (κ1) is 17.4. The average Bonchev–Trinajstić information content (AvgIpc) is 2.39. The van der Waals surface area contributed by atoms with Gasteiger partial charge in [-0.25, -0.2) is 0 Å². The van der Waals surface area contributed by atoms with Crippen LogP contribution in [-0.4, -0.2) is 52.2 Å². The largest absolute Gasteiger partial charge is 0.463 e. The molecule has 0 aliphatic rings. The number of hydrogen-bond acceptors (Lipinski definition) is 5. The van der Waals surface area contributed by atoms with Crippen LogP contribution in [0, 0.1) is 5.92 Å². The third kappa shape index (κ3) is 10.5. The maximum absolute atomic E-state index is 11.3. The lowest BCUT2D eigenvalue weighted by atomic mass is 10.1. The second kappa shape index (κ2) is 12.8. The van der Waals surface area contributed by atoms with Crippen LogP contribution in [0.2, 0.25) is 0 Å². The highest BCUT2D eigenvalue weighted by Gasteiger charge is 2.10. The van der Waals surface area contributed by atoms with E-state index in [0.29, 0.717) is 46.2 Å². The summed E-state index contributed by atoms with van der Waals surface area (Å²) in [6.07, 6.45) is 0.799. The van der Waals surface area contributed by atoms with Crippen LogP contribution in [0.25, 0.3) is 0 Å². The fourth-order valence-corrected chi connectivity index (χ4v) is 1.09. The molecule has 0 saturated carbocycles. The Morgan fingerprint density at radius 1 is 0.889 bits per heavy atom. The maximum atomic E-state index is 11.3. The van der Waals surface area contributed by atoms with E-state index in [0.717, 1.165) is 6.42 Å². The summed E-state index contributed by atoms with van der Waals surface area (Å²) in [4.78, 5) is 11.3. The number of rotatable bonds is 12. The SMILES string of the molecule is CCOCCOCCOCCOC(=O)C(C)CC. The van der Waals surface area contributed by atoms with Crippen LogP contribution >= 0.6 is 0 Å². The molecule has 0 rings (SSSR count). The molecule has 0 aromatic carbocycles. The van der Waals surface area contributed by atoms with E-state index >= 15 is 0 Å². The number of carbonyl (C=O) groups is 1. The Morgan fingerprint density at radius 2 is 1.39 bits per heavy atom. The smallest absolute Gasteiger partial charge is 0.308 e. The third-order valence-electron chi connectivity index (χ3n) is 2.43. The van der Waals surface area contributed by atoms with Crippen molar-refractivity contribution in [1.82, 2.24) is 0 Å². The summed E-state index contributed by atoms with van der Waals surface area (Å²) in [7, 11) is 0. The standard InChI is InChI=1S/C13H26O5/c1-4-12(3)13(14)18-11-10-17-9-8-16-7-6-15-5-2/h12H,4-11H2,1-3H3. The highest BCUT2D eigenvalue weighted by molar-refractivity contribution is 5.71. The molecule has 0 N–H and O–H groups in total. The summed E-state index contributed by atoms with van der Waals surface area (Å²) in [6.45, 7) is 9.43. The van der Waals surface area contributed by atoms with Crippen LogP contribution in [0.1, 0.15) is 27.2 Å². The Bertz CT molecular complexity index is 196. The van der Waals surface area contributed by atoms with Crippen molar-refractivity contribution in [3.05, 3.63) is 0 Å². The molecule has 0 saturated heterocycles. The number of ether oxygens (including phenoxy) is 4. The van der Waals surface area contributed by atoms with E-state index < -0.39 is 0 Å². The van der Waals surface area contributed by atoms with Gasteiger partial charge in [-0.1, -0.05) is 13.8 Å². The highest BCUT2D eigenvalue weighted by atomic mass is 16.6. The summed E-state index contributed by atoms with van der Waals surface area (Å²) in [5, 5.41) is 0. The van der Waals surface area contributed by atoms with E-state index in [1.807, 2.05) is 20.8 Å². The minimum atomic E-state index is -0.158. The van der Waals surface area contributed by atoms with Crippen molar-refractivity contribution in [1.29, 1.82) is 0 Å². The van der Waals surface area contributed by atoms with Crippen molar-refractivity contribution >= 4 is 5.97 Å². The van der Waals surface area contributed by atoms with Crippen LogP contribution < -0.4 is 0 Å². The second-order valence-corrected chi connectivity index (χ2v) is 3.90. The van der Waals surface area contributed by atoms with Gasteiger partial charge in [0.1, 0.15) is 6.61 Å². The van der Waals surface area contributed by atoms with Crippen LogP contribution in [0.3, 0.4) is 0 Å². The summed E-state index contributed by atoms with van der Waals surface area (Å²) >= 11 is 0. The van der Waals surface area contributed by atoms with Crippen LogP contribution in [0.15, 0.2) is 0 Å². The van der Waals surface area contributed by atoms with Crippen molar-refractivity contribution in [3.63, 3.8) is 0 Å². The summed E-state index contributed by atoms with van der Waals surface area (Å²) in [5.74, 6) is -0.194. The Hall–Kier alpha value is -0.650. The lowest BCUT2D eigenvalue weighted by molar-refractivity contribution is -0.149. The monoisotopic (exact) mass is 262 g/mol. The fourth-order valence-electron chi connectivity index (χ4n) is 1.09. The predicted molar refractivity (Wildman–Crippen MR) is 68.5 cm³/mol. The van der Waals surface area contributed by atoms with E-state index in [2.05, 4.69) is 0 Å². The van der Waals surface area contributed by atoms with Crippen molar-refractivity contribution in [2.75, 3.05) is 46.2 Å². The van der Waals surface area contributed by atoms with Crippen LogP contribution in [0.5, 0.6) is 0 Å². The highest BCUT2D eigenvalue weighted by Crippen LogP contribution is 2.02. The van der Waals surface area contributed by atoms with Crippen molar-refractivity contribution in [2.45, 2.75) is 27.2 Å². The van der Waals surface area contributed by atoms with Gasteiger partial charge in [0.15, 0.2) is 0 Å². The van der Waals surface area contributed by atoms with Gasteiger partial charge in [-0.2, -0.15) is 0 Å². The van der Waals surface area contributed by atoms with Gasteiger partial charge in [0.05, 0.1) is 39.0 Å². The maximum Gasteiger partial charge on any atom is 0.308 e. The van der Waals surface area contributed by atoms with E-state index in [9.17, 15) is 4.79 Å². The van der Waals surface area contributed by atoms with Gasteiger partial charge in [-0.3, -0.25) is 4.79 Å². The lowest BCUT2D eigenvalue weighted by Gasteiger charge is -2.09. The molecular weight excluding hydrogens is 236 g/mol. The Balaban J connectivity index is 3.14. The first-order chi connectivity index (χ1) is 8.72. The van der Waals surface area contributed by atoms with Gasteiger partial charge in [0.2, 0.25) is 0 Å². The van der Waals surface area contributed by atoms with Gasteiger partial charge < -0.3 is 18.9 Å². The molecule has 0 radical (unpaired) electrons. The second-order valence-electron chi connectivity index (χ2n) is 3.90. The van der Waals surface area contributed by atoms with Gasteiger partial charge in [0.25, 0.3) is 0 Å². The Labute approximate surface area is 110 Å². The minimum Gasteiger partial charge on any atom is -0.463 e. The van der Waals surface area contributed by atoms with Gasteiger partial charge in [-0.15, -0.1) is 0 Å². The molecule has 0 amide bonds. The van der Waals surface area contributed by atoms with Crippen molar-refractivity contribution < 1.29 is 23.7 Å². The molecule has 0 aliphatic carbocycles. The molecule has 0 aliphatic heterocycles.